The number of carbonyl (C=O) groups excluding carboxylic acids is 1. The highest BCUT2D eigenvalue weighted by atomic mass is 19.1. The number of halogens is 1. The van der Waals surface area contributed by atoms with Crippen LogP contribution in [0.1, 0.15) is 37.3 Å². The van der Waals surface area contributed by atoms with E-state index in [4.69, 9.17) is 0 Å². The van der Waals surface area contributed by atoms with Crippen LogP contribution in [0.25, 0.3) is 0 Å². The van der Waals surface area contributed by atoms with Gasteiger partial charge in [0.25, 0.3) is 0 Å². The smallest absolute Gasteiger partial charge is 0.244 e. The molecule has 144 valence electrons. The summed E-state index contributed by atoms with van der Waals surface area (Å²) in [5.41, 5.74) is -0.312. The zero-order valence-electron chi connectivity index (χ0n) is 15.8. The van der Waals surface area contributed by atoms with Crippen LogP contribution in [0.15, 0.2) is 24.3 Å². The van der Waals surface area contributed by atoms with Crippen molar-refractivity contribution in [3.63, 3.8) is 0 Å². The minimum Gasteiger partial charge on any atom is -0.388 e. The number of hydrogen-bond donors (Lipinski definition) is 1. The topological polar surface area (TPSA) is 47.0 Å². The van der Waals surface area contributed by atoms with Crippen molar-refractivity contribution in [1.29, 1.82) is 0 Å². The minimum absolute atomic E-state index is 0.0941. The van der Waals surface area contributed by atoms with Crippen LogP contribution >= 0.6 is 0 Å². The van der Waals surface area contributed by atoms with Crippen LogP contribution < -0.4 is 0 Å². The largest absolute Gasteiger partial charge is 0.388 e. The average molecular weight is 363 g/mol. The molecule has 5 nitrogen and oxygen atoms in total. The van der Waals surface area contributed by atoms with Gasteiger partial charge in [-0.25, -0.2) is 4.39 Å². The van der Waals surface area contributed by atoms with Gasteiger partial charge in [0.05, 0.1) is 5.60 Å². The van der Waals surface area contributed by atoms with E-state index in [-0.39, 0.29) is 11.7 Å². The van der Waals surface area contributed by atoms with E-state index in [2.05, 4.69) is 4.90 Å². The summed E-state index contributed by atoms with van der Waals surface area (Å²) in [7, 11) is 3.59. The van der Waals surface area contributed by atoms with Crippen molar-refractivity contribution in [2.45, 2.75) is 37.3 Å². The summed E-state index contributed by atoms with van der Waals surface area (Å²) in [4.78, 5) is 18.9. The molecule has 0 aliphatic carbocycles. The van der Waals surface area contributed by atoms with Crippen LogP contribution in [0.5, 0.6) is 0 Å². The first kappa shape index (κ1) is 19.3. The summed E-state index contributed by atoms with van der Waals surface area (Å²) < 4.78 is 14.2. The Morgan fingerprint density at radius 2 is 1.81 bits per heavy atom. The van der Waals surface area contributed by atoms with Gasteiger partial charge in [0.2, 0.25) is 5.91 Å². The maximum Gasteiger partial charge on any atom is 0.244 e. The van der Waals surface area contributed by atoms with Crippen molar-refractivity contribution >= 4 is 5.91 Å². The average Bonchev–Trinajstić information content (AvgIpc) is 3.09. The molecule has 1 N–H and O–H groups in total. The third kappa shape index (κ3) is 4.24. The second-order valence-corrected chi connectivity index (χ2v) is 7.92. The molecule has 0 radical (unpaired) electrons. The van der Waals surface area contributed by atoms with Crippen LogP contribution in [0, 0.1) is 5.82 Å². The van der Waals surface area contributed by atoms with Gasteiger partial charge in [0.15, 0.2) is 0 Å². The molecule has 0 saturated carbocycles. The Hall–Kier alpha value is -1.50. The zero-order valence-corrected chi connectivity index (χ0v) is 15.8. The fourth-order valence-electron chi connectivity index (χ4n) is 4.16. The molecule has 1 amide bonds. The predicted octanol–water partition coefficient (Wildman–Crippen LogP) is 1.88. The van der Waals surface area contributed by atoms with Crippen molar-refractivity contribution in [2.24, 2.45) is 0 Å². The van der Waals surface area contributed by atoms with Crippen LogP contribution in [0.2, 0.25) is 0 Å². The van der Waals surface area contributed by atoms with Crippen molar-refractivity contribution in [3.8, 4) is 0 Å². The SMILES string of the molecule is CN(C)[C@@H](C(=O)N1CCC(O)(CN2CCCC2)CC1)c1ccccc1F. The molecule has 6 heteroatoms. The fraction of sp³-hybridized carbons (Fsp3) is 0.650. The van der Waals surface area contributed by atoms with Gasteiger partial charge in [0, 0.05) is 25.2 Å². The summed E-state index contributed by atoms with van der Waals surface area (Å²) in [5.74, 6) is -0.453. The molecule has 2 aliphatic rings. The van der Waals surface area contributed by atoms with Gasteiger partial charge >= 0.3 is 0 Å². The third-order valence-electron chi connectivity index (χ3n) is 5.67. The molecular formula is C20H30FN3O2. The quantitative estimate of drug-likeness (QED) is 0.868. The predicted molar refractivity (Wildman–Crippen MR) is 99.3 cm³/mol. The van der Waals surface area contributed by atoms with Crippen LogP contribution in [0.3, 0.4) is 0 Å². The number of β-amino-alcohol motifs (C(OH)–C–C–N with tert-alkyl or cyclic N) is 1. The van der Waals surface area contributed by atoms with E-state index < -0.39 is 11.6 Å². The standard InChI is InChI=1S/C20H30FN3O2/c1-22(2)18(16-7-3-4-8-17(16)21)19(25)24-13-9-20(26,10-14-24)15-23-11-5-6-12-23/h3-4,7-8,18,26H,5-6,9-15H2,1-2H3/t18-/m1/s1. The molecule has 2 aliphatic heterocycles. The van der Waals surface area contributed by atoms with Crippen molar-refractivity contribution in [1.82, 2.24) is 14.7 Å². The number of amides is 1. The number of aliphatic hydroxyl groups is 1. The third-order valence-corrected chi connectivity index (χ3v) is 5.67. The monoisotopic (exact) mass is 363 g/mol. The molecule has 0 bridgehead atoms. The van der Waals surface area contributed by atoms with Gasteiger partial charge in [-0.2, -0.15) is 0 Å². The first-order valence-corrected chi connectivity index (χ1v) is 9.54. The number of nitrogens with zero attached hydrogens (tertiary/aromatic N) is 3. The van der Waals surface area contributed by atoms with Gasteiger partial charge in [-0.1, -0.05) is 18.2 Å². The highest BCUT2D eigenvalue weighted by molar-refractivity contribution is 5.83. The number of carbonyl (C=O) groups is 1. The highest BCUT2D eigenvalue weighted by Crippen LogP contribution is 2.29. The van der Waals surface area contributed by atoms with E-state index in [0.717, 1.165) is 13.1 Å². The molecule has 2 saturated heterocycles. The number of hydrogen-bond acceptors (Lipinski definition) is 4. The molecule has 2 heterocycles. The molecule has 2 fully saturated rings. The second-order valence-electron chi connectivity index (χ2n) is 7.92. The molecule has 1 atom stereocenters. The van der Waals surface area contributed by atoms with Gasteiger partial charge in [-0.3, -0.25) is 9.69 Å². The first-order valence-electron chi connectivity index (χ1n) is 9.54. The lowest BCUT2D eigenvalue weighted by Crippen LogP contribution is -2.53. The van der Waals surface area contributed by atoms with E-state index in [1.807, 2.05) is 0 Å². The maximum atomic E-state index is 14.2. The minimum atomic E-state index is -0.716. The molecule has 26 heavy (non-hydrogen) atoms. The Kier molecular flexibility index (Phi) is 5.95. The van der Waals surface area contributed by atoms with Crippen molar-refractivity contribution in [2.75, 3.05) is 46.8 Å². The van der Waals surface area contributed by atoms with Gasteiger partial charge < -0.3 is 14.9 Å². The zero-order chi connectivity index (χ0) is 18.7. The summed E-state index contributed by atoms with van der Waals surface area (Å²) in [6.45, 7) is 3.84. The first-order chi connectivity index (χ1) is 12.4. The van der Waals surface area contributed by atoms with Gasteiger partial charge in [0.1, 0.15) is 11.9 Å². The lowest BCUT2D eigenvalue weighted by atomic mass is 9.90. The van der Waals surface area contributed by atoms with Crippen molar-refractivity contribution < 1.29 is 14.3 Å². The Morgan fingerprint density at radius 1 is 1.19 bits per heavy atom. The van der Waals surface area contributed by atoms with Crippen LogP contribution in [-0.4, -0.2) is 78.1 Å². The van der Waals surface area contributed by atoms with Crippen molar-refractivity contribution in [3.05, 3.63) is 35.6 Å². The Balaban J connectivity index is 1.65. The summed E-state index contributed by atoms with van der Waals surface area (Å²) in [6.07, 6.45) is 3.56. The normalized spacial score (nSPS) is 22.0. The van der Waals surface area contributed by atoms with E-state index >= 15 is 0 Å². The highest BCUT2D eigenvalue weighted by Gasteiger charge is 2.38. The fourth-order valence-corrected chi connectivity index (χ4v) is 4.16. The number of rotatable bonds is 5. The van der Waals surface area contributed by atoms with E-state index in [1.54, 1.807) is 42.1 Å². The van der Waals surface area contributed by atoms with E-state index in [1.165, 1.54) is 18.9 Å². The number of likely N-dealkylation sites (N-methyl/N-ethyl adjacent to an activating group) is 1. The summed E-state index contributed by atoms with van der Waals surface area (Å²) >= 11 is 0. The maximum absolute atomic E-state index is 14.2. The number of piperidine rings is 1. The van der Waals surface area contributed by atoms with E-state index in [0.29, 0.717) is 38.0 Å². The van der Waals surface area contributed by atoms with Gasteiger partial charge in [-0.15, -0.1) is 0 Å². The molecule has 0 spiro atoms. The molecule has 1 aromatic rings. The second kappa shape index (κ2) is 8.03. The Labute approximate surface area is 155 Å². The molecule has 3 rings (SSSR count). The molecule has 1 aromatic carbocycles. The Morgan fingerprint density at radius 3 is 2.38 bits per heavy atom. The molecular weight excluding hydrogens is 333 g/mol. The van der Waals surface area contributed by atoms with Crippen LogP contribution in [0.4, 0.5) is 4.39 Å². The molecule has 0 unspecified atom stereocenters. The van der Waals surface area contributed by atoms with Gasteiger partial charge in [-0.05, 0) is 58.9 Å². The van der Waals surface area contributed by atoms with E-state index in [9.17, 15) is 14.3 Å². The number of benzene rings is 1. The summed E-state index contributed by atoms with van der Waals surface area (Å²) in [5, 5.41) is 10.9. The lowest BCUT2D eigenvalue weighted by Gasteiger charge is -2.41. The summed E-state index contributed by atoms with van der Waals surface area (Å²) in [6, 6.07) is 5.82. The van der Waals surface area contributed by atoms with Crippen LogP contribution in [-0.2, 0) is 4.79 Å². The Bertz CT molecular complexity index is 623. The number of likely N-dealkylation sites (tertiary alicyclic amines) is 2. The molecule has 0 aromatic heterocycles. The lowest BCUT2D eigenvalue weighted by molar-refractivity contribution is -0.141.